The lowest BCUT2D eigenvalue weighted by Gasteiger charge is -2.27. The summed E-state index contributed by atoms with van der Waals surface area (Å²) >= 11 is 6.39. The summed E-state index contributed by atoms with van der Waals surface area (Å²) in [6.45, 7) is 7.70. The van der Waals surface area contributed by atoms with E-state index < -0.39 is 17.8 Å². The molecule has 4 amide bonds. The molecule has 0 aliphatic carbocycles. The van der Waals surface area contributed by atoms with Crippen molar-refractivity contribution in [2.45, 2.75) is 33.8 Å². The number of hydrogen-bond acceptors (Lipinski definition) is 5. The normalized spacial score (nSPS) is 15.5. The third kappa shape index (κ3) is 4.72. The lowest BCUT2D eigenvalue weighted by molar-refractivity contribution is -0.122. The molecule has 1 aliphatic heterocycles. The van der Waals surface area contributed by atoms with Crippen LogP contribution in [0.15, 0.2) is 42.0 Å². The van der Waals surface area contributed by atoms with E-state index in [1.165, 1.54) is 6.08 Å². The van der Waals surface area contributed by atoms with Gasteiger partial charge in [-0.05, 0) is 63.1 Å². The van der Waals surface area contributed by atoms with Crippen LogP contribution in [-0.2, 0) is 9.59 Å². The van der Waals surface area contributed by atoms with E-state index in [-0.39, 0.29) is 16.7 Å². The molecular weight excluding hydrogens is 420 g/mol. The van der Waals surface area contributed by atoms with E-state index in [9.17, 15) is 14.4 Å². The average Bonchev–Trinajstić information content (AvgIpc) is 2.69. The van der Waals surface area contributed by atoms with Crippen molar-refractivity contribution in [1.82, 2.24) is 5.32 Å². The van der Waals surface area contributed by atoms with Crippen molar-refractivity contribution < 1.29 is 23.9 Å². The molecule has 0 spiro atoms. The molecule has 7 nitrogen and oxygen atoms in total. The summed E-state index contributed by atoms with van der Waals surface area (Å²) in [6, 6.07) is 9.34. The minimum absolute atomic E-state index is 0.125. The van der Waals surface area contributed by atoms with E-state index in [0.29, 0.717) is 29.4 Å². The lowest BCUT2D eigenvalue weighted by atomic mass is 10.1. The van der Waals surface area contributed by atoms with Gasteiger partial charge < -0.3 is 9.47 Å². The Bertz CT molecular complexity index is 1080. The zero-order valence-corrected chi connectivity index (χ0v) is 18.4. The summed E-state index contributed by atoms with van der Waals surface area (Å²) in [4.78, 5) is 38.9. The lowest BCUT2D eigenvalue weighted by Crippen LogP contribution is -2.54. The van der Waals surface area contributed by atoms with Crippen LogP contribution in [0.25, 0.3) is 6.08 Å². The molecule has 1 heterocycles. The van der Waals surface area contributed by atoms with Gasteiger partial charge in [0.25, 0.3) is 11.8 Å². The fraction of sp³-hybridized carbons (Fsp3) is 0.261. The van der Waals surface area contributed by atoms with E-state index in [1.807, 2.05) is 20.8 Å². The van der Waals surface area contributed by atoms with Crippen molar-refractivity contribution in [2.24, 2.45) is 0 Å². The monoisotopic (exact) mass is 442 g/mol. The smallest absolute Gasteiger partial charge is 0.335 e. The zero-order chi connectivity index (χ0) is 22.7. The highest BCUT2D eigenvalue weighted by Gasteiger charge is 2.37. The van der Waals surface area contributed by atoms with Crippen LogP contribution in [0.1, 0.15) is 31.9 Å². The molecule has 0 bridgehead atoms. The number of barbiturate groups is 1. The number of rotatable bonds is 6. The molecule has 0 unspecified atom stereocenters. The van der Waals surface area contributed by atoms with Gasteiger partial charge in [-0.1, -0.05) is 29.8 Å². The Morgan fingerprint density at radius 3 is 2.52 bits per heavy atom. The zero-order valence-electron chi connectivity index (χ0n) is 17.7. The fourth-order valence-corrected chi connectivity index (χ4v) is 3.41. The summed E-state index contributed by atoms with van der Waals surface area (Å²) in [5, 5.41) is 2.50. The van der Waals surface area contributed by atoms with Crippen molar-refractivity contribution in [3.63, 3.8) is 0 Å². The number of nitrogens with zero attached hydrogens (tertiary/aromatic N) is 1. The summed E-state index contributed by atoms with van der Waals surface area (Å²) in [6.07, 6.45) is 1.25. The molecule has 1 N–H and O–H groups in total. The maximum absolute atomic E-state index is 13.1. The van der Waals surface area contributed by atoms with Crippen LogP contribution < -0.4 is 19.7 Å². The third-order valence-corrected chi connectivity index (χ3v) is 4.74. The summed E-state index contributed by atoms with van der Waals surface area (Å²) in [7, 11) is 0. The SMILES string of the molecule is CCOc1cc(/C=C2\C(=O)NC(=O)N(c3ccccc3C)C2=O)cc(Cl)c1OC(C)C. The largest absolute Gasteiger partial charge is 0.490 e. The van der Waals surface area contributed by atoms with Crippen molar-refractivity contribution in [2.75, 3.05) is 11.5 Å². The van der Waals surface area contributed by atoms with Gasteiger partial charge in [-0.2, -0.15) is 0 Å². The van der Waals surface area contributed by atoms with E-state index >= 15 is 0 Å². The number of hydrogen-bond donors (Lipinski definition) is 1. The average molecular weight is 443 g/mol. The van der Waals surface area contributed by atoms with Crippen molar-refractivity contribution in [3.05, 3.63) is 58.1 Å². The number of imide groups is 2. The number of para-hydroxylation sites is 1. The number of benzene rings is 2. The van der Waals surface area contributed by atoms with Crippen molar-refractivity contribution in [3.8, 4) is 11.5 Å². The highest BCUT2D eigenvalue weighted by molar-refractivity contribution is 6.39. The molecule has 2 aromatic carbocycles. The molecule has 1 saturated heterocycles. The molecule has 162 valence electrons. The van der Waals surface area contributed by atoms with Gasteiger partial charge in [0.15, 0.2) is 11.5 Å². The van der Waals surface area contributed by atoms with Crippen LogP contribution in [-0.4, -0.2) is 30.6 Å². The Kier molecular flexibility index (Phi) is 6.65. The van der Waals surface area contributed by atoms with Crippen LogP contribution in [0.4, 0.5) is 10.5 Å². The summed E-state index contributed by atoms with van der Waals surface area (Å²) in [5.74, 6) is -0.723. The summed E-state index contributed by atoms with van der Waals surface area (Å²) < 4.78 is 11.4. The Hall–Kier alpha value is -3.32. The molecule has 0 atom stereocenters. The second-order valence-corrected chi connectivity index (χ2v) is 7.58. The minimum atomic E-state index is -0.796. The maximum Gasteiger partial charge on any atom is 0.335 e. The molecular formula is C23H23ClN2O5. The first-order valence-electron chi connectivity index (χ1n) is 9.83. The van der Waals surface area contributed by atoms with E-state index in [4.69, 9.17) is 21.1 Å². The Labute approximate surface area is 185 Å². The number of carbonyl (C=O) groups excluding carboxylic acids is 3. The number of halogens is 1. The molecule has 0 aromatic heterocycles. The van der Waals surface area contributed by atoms with Crippen molar-refractivity contribution in [1.29, 1.82) is 0 Å². The number of ether oxygens (including phenoxy) is 2. The van der Waals surface area contributed by atoms with Crippen LogP contribution in [0.5, 0.6) is 11.5 Å². The highest BCUT2D eigenvalue weighted by atomic mass is 35.5. The van der Waals surface area contributed by atoms with Gasteiger partial charge in [-0.3, -0.25) is 14.9 Å². The number of anilines is 1. The van der Waals surface area contributed by atoms with Crippen LogP contribution in [0.2, 0.25) is 5.02 Å². The van der Waals surface area contributed by atoms with Crippen LogP contribution in [0.3, 0.4) is 0 Å². The van der Waals surface area contributed by atoms with Crippen molar-refractivity contribution >= 4 is 41.2 Å². The Morgan fingerprint density at radius 2 is 1.87 bits per heavy atom. The maximum atomic E-state index is 13.1. The fourth-order valence-electron chi connectivity index (χ4n) is 3.14. The Balaban J connectivity index is 2.05. The first kappa shape index (κ1) is 22.4. The molecule has 0 saturated carbocycles. The number of nitrogens with one attached hydrogen (secondary N) is 1. The number of amides is 4. The van der Waals surface area contributed by atoms with Crippen LogP contribution in [0, 0.1) is 6.92 Å². The molecule has 31 heavy (non-hydrogen) atoms. The molecule has 1 fully saturated rings. The van der Waals surface area contributed by atoms with Gasteiger partial charge in [-0.15, -0.1) is 0 Å². The standard InChI is InChI=1S/C23H23ClN2O5/c1-5-30-19-12-15(11-17(24)20(19)31-13(2)3)10-16-21(27)25-23(29)26(22(16)28)18-9-7-6-8-14(18)4/h6-13H,5H2,1-4H3,(H,25,27,29)/b16-10+. The van der Waals surface area contributed by atoms with Gasteiger partial charge >= 0.3 is 6.03 Å². The van der Waals surface area contributed by atoms with Gasteiger partial charge in [0, 0.05) is 0 Å². The predicted molar refractivity (Wildman–Crippen MR) is 119 cm³/mol. The van der Waals surface area contributed by atoms with E-state index in [2.05, 4.69) is 5.32 Å². The molecule has 0 radical (unpaired) electrons. The second kappa shape index (κ2) is 9.22. The van der Waals surface area contributed by atoms with Gasteiger partial charge in [0.1, 0.15) is 5.57 Å². The molecule has 2 aromatic rings. The summed E-state index contributed by atoms with van der Waals surface area (Å²) in [5.41, 5.74) is 1.38. The molecule has 3 rings (SSSR count). The minimum Gasteiger partial charge on any atom is -0.490 e. The number of carbonyl (C=O) groups is 3. The predicted octanol–water partition coefficient (Wildman–Crippen LogP) is 4.50. The third-order valence-electron chi connectivity index (χ3n) is 4.45. The van der Waals surface area contributed by atoms with E-state index in [0.717, 1.165) is 10.5 Å². The van der Waals surface area contributed by atoms with Gasteiger partial charge in [0.05, 0.1) is 23.4 Å². The highest BCUT2D eigenvalue weighted by Crippen LogP contribution is 2.38. The topological polar surface area (TPSA) is 84.9 Å². The number of aryl methyl sites for hydroxylation is 1. The Morgan fingerprint density at radius 1 is 1.16 bits per heavy atom. The van der Waals surface area contributed by atoms with Gasteiger partial charge in [0.2, 0.25) is 0 Å². The second-order valence-electron chi connectivity index (χ2n) is 7.17. The van der Waals surface area contributed by atoms with E-state index in [1.54, 1.807) is 43.3 Å². The molecule has 8 heteroatoms. The first-order valence-corrected chi connectivity index (χ1v) is 10.2. The van der Waals surface area contributed by atoms with Gasteiger partial charge in [-0.25, -0.2) is 9.69 Å². The first-order chi connectivity index (χ1) is 14.7. The number of urea groups is 1. The molecule has 1 aliphatic rings. The quantitative estimate of drug-likeness (QED) is 0.526. The van der Waals surface area contributed by atoms with Crippen LogP contribution >= 0.6 is 11.6 Å².